The number of aromatic nitrogens is 3. The second-order valence-electron chi connectivity index (χ2n) is 6.27. The molecule has 0 aliphatic rings. The van der Waals surface area contributed by atoms with E-state index in [1.165, 1.54) is 0 Å². The average Bonchev–Trinajstić information content (AvgIpc) is 3.17. The third-order valence-corrected chi connectivity index (χ3v) is 4.26. The van der Waals surface area contributed by atoms with Crippen molar-refractivity contribution in [1.82, 2.24) is 15.0 Å². The topological polar surface area (TPSA) is 157 Å². The minimum atomic E-state index is -0.791. The Morgan fingerprint density at radius 1 is 1.00 bits per heavy atom. The van der Waals surface area contributed by atoms with Gasteiger partial charge >= 0.3 is 0 Å². The van der Waals surface area contributed by atoms with Gasteiger partial charge in [-0.3, -0.25) is 30.0 Å². The van der Waals surface area contributed by atoms with Crippen LogP contribution in [0, 0.1) is 20.2 Å². The fourth-order valence-electron chi connectivity index (χ4n) is 2.87. The first-order chi connectivity index (χ1) is 14.4. The number of carbonyl (C=O) groups is 1. The molecule has 11 nitrogen and oxygen atoms in total. The quantitative estimate of drug-likeness (QED) is 0.379. The Balaban J connectivity index is 1.63. The third-order valence-electron chi connectivity index (χ3n) is 4.26. The summed E-state index contributed by atoms with van der Waals surface area (Å²) >= 11 is 0. The van der Waals surface area contributed by atoms with Crippen LogP contribution in [0.5, 0.6) is 0 Å². The van der Waals surface area contributed by atoms with E-state index >= 15 is 0 Å². The minimum Gasteiger partial charge on any atom is -0.338 e. The van der Waals surface area contributed by atoms with Gasteiger partial charge in [-0.2, -0.15) is 0 Å². The highest BCUT2D eigenvalue weighted by Gasteiger charge is 2.20. The Kier molecular flexibility index (Phi) is 4.60. The predicted molar refractivity (Wildman–Crippen MR) is 107 cm³/mol. The molecule has 4 rings (SSSR count). The molecule has 2 aromatic carbocycles. The third kappa shape index (κ3) is 3.67. The molecule has 30 heavy (non-hydrogen) atoms. The van der Waals surface area contributed by atoms with Crippen LogP contribution in [0.2, 0.25) is 0 Å². The smallest absolute Gasteiger partial charge is 0.277 e. The molecule has 0 saturated heterocycles. The second kappa shape index (κ2) is 7.39. The molecule has 0 aliphatic carbocycles. The standard InChI is InChI=1S/C19H12N6O5/c26-19(12-6-14(24(27)28)9-15(7-12)25(29)30)21-13-3-4-16-17(8-13)23-18(22-16)11-2-1-5-20-10-11/h1-10H,(H,21,26)(H,22,23). The van der Waals surface area contributed by atoms with Gasteiger partial charge in [0.1, 0.15) is 5.82 Å². The van der Waals surface area contributed by atoms with Crippen LogP contribution in [0.4, 0.5) is 17.1 Å². The molecule has 0 saturated carbocycles. The molecular formula is C19H12N6O5. The van der Waals surface area contributed by atoms with Gasteiger partial charge < -0.3 is 10.3 Å². The summed E-state index contributed by atoms with van der Waals surface area (Å²) in [5.74, 6) is -0.107. The first-order valence-corrected chi connectivity index (χ1v) is 8.56. The van der Waals surface area contributed by atoms with Gasteiger partial charge in [-0.15, -0.1) is 0 Å². The molecule has 0 atom stereocenters. The Bertz CT molecular complexity index is 1270. The summed E-state index contributed by atoms with van der Waals surface area (Å²) in [5.41, 5.74) is 1.22. The number of fused-ring (bicyclic) bond motifs is 1. The molecule has 11 heteroatoms. The summed E-state index contributed by atoms with van der Waals surface area (Å²) < 4.78 is 0. The van der Waals surface area contributed by atoms with Crippen molar-refractivity contribution in [3.63, 3.8) is 0 Å². The van der Waals surface area contributed by atoms with Crippen molar-refractivity contribution < 1.29 is 14.6 Å². The van der Waals surface area contributed by atoms with Crippen LogP contribution >= 0.6 is 0 Å². The molecule has 0 spiro atoms. The highest BCUT2D eigenvalue weighted by Crippen LogP contribution is 2.25. The molecule has 148 valence electrons. The zero-order valence-electron chi connectivity index (χ0n) is 15.1. The number of anilines is 1. The van der Waals surface area contributed by atoms with E-state index < -0.39 is 27.1 Å². The fourth-order valence-corrected chi connectivity index (χ4v) is 2.87. The lowest BCUT2D eigenvalue weighted by Crippen LogP contribution is -2.12. The number of nitrogens with zero attached hydrogens (tertiary/aromatic N) is 4. The van der Waals surface area contributed by atoms with Gasteiger partial charge in [0, 0.05) is 35.8 Å². The number of amides is 1. The van der Waals surface area contributed by atoms with Gasteiger partial charge in [-0.1, -0.05) is 0 Å². The molecule has 2 aromatic heterocycles. The van der Waals surface area contributed by atoms with Crippen LogP contribution in [0.15, 0.2) is 60.9 Å². The first kappa shape index (κ1) is 18.7. The number of hydrogen-bond donors (Lipinski definition) is 2. The Hall–Kier alpha value is -4.67. The van der Waals surface area contributed by atoms with Crippen LogP contribution in [-0.4, -0.2) is 30.7 Å². The summed E-state index contributed by atoms with van der Waals surface area (Å²) in [6, 6.07) is 11.3. The van der Waals surface area contributed by atoms with Crippen molar-refractivity contribution in [3.05, 3.63) is 86.7 Å². The first-order valence-electron chi connectivity index (χ1n) is 8.56. The van der Waals surface area contributed by atoms with E-state index in [1.807, 2.05) is 6.07 Å². The number of rotatable bonds is 5. The van der Waals surface area contributed by atoms with Gasteiger partial charge in [0.25, 0.3) is 17.3 Å². The molecule has 2 heterocycles. The van der Waals surface area contributed by atoms with E-state index in [1.54, 1.807) is 36.7 Å². The number of imidazole rings is 1. The fraction of sp³-hybridized carbons (Fsp3) is 0. The molecule has 0 bridgehead atoms. The zero-order chi connectivity index (χ0) is 21.3. The molecular weight excluding hydrogens is 392 g/mol. The molecule has 0 aliphatic heterocycles. The summed E-state index contributed by atoms with van der Waals surface area (Å²) in [7, 11) is 0. The molecule has 0 radical (unpaired) electrons. The van der Waals surface area contributed by atoms with Gasteiger partial charge in [0.2, 0.25) is 0 Å². The van der Waals surface area contributed by atoms with Crippen LogP contribution in [0.3, 0.4) is 0 Å². The lowest BCUT2D eigenvalue weighted by molar-refractivity contribution is -0.394. The number of nitro benzene ring substituents is 2. The summed E-state index contributed by atoms with van der Waals surface area (Å²) in [6.07, 6.45) is 3.31. The number of pyridine rings is 1. The largest absolute Gasteiger partial charge is 0.338 e. The van der Waals surface area contributed by atoms with Gasteiger partial charge in [0.05, 0.1) is 32.5 Å². The maximum atomic E-state index is 12.5. The van der Waals surface area contributed by atoms with Crippen molar-refractivity contribution in [2.24, 2.45) is 0 Å². The van der Waals surface area contributed by atoms with Crippen molar-refractivity contribution in [2.45, 2.75) is 0 Å². The maximum Gasteiger partial charge on any atom is 0.277 e. The number of carbonyl (C=O) groups excluding carboxylic acids is 1. The second-order valence-corrected chi connectivity index (χ2v) is 6.27. The number of aromatic amines is 1. The molecule has 4 aromatic rings. The predicted octanol–water partition coefficient (Wildman–Crippen LogP) is 3.69. The normalized spacial score (nSPS) is 10.7. The molecule has 0 unspecified atom stereocenters. The van der Waals surface area contributed by atoms with E-state index in [9.17, 15) is 25.0 Å². The molecule has 2 N–H and O–H groups in total. The SMILES string of the molecule is O=C(Nc1ccc2nc(-c3cccnc3)[nH]c2c1)c1cc([N+](=O)[O-])cc([N+](=O)[O-])c1. The van der Waals surface area contributed by atoms with Gasteiger partial charge in [-0.25, -0.2) is 4.98 Å². The maximum absolute atomic E-state index is 12.5. The molecule has 0 fully saturated rings. The van der Waals surface area contributed by atoms with Crippen LogP contribution in [0.25, 0.3) is 22.4 Å². The van der Waals surface area contributed by atoms with Crippen LogP contribution < -0.4 is 5.32 Å². The average molecular weight is 404 g/mol. The lowest BCUT2D eigenvalue weighted by atomic mass is 10.1. The minimum absolute atomic E-state index is 0.198. The highest BCUT2D eigenvalue weighted by molar-refractivity contribution is 6.05. The zero-order valence-corrected chi connectivity index (χ0v) is 15.1. The number of benzene rings is 2. The van der Waals surface area contributed by atoms with E-state index in [-0.39, 0.29) is 5.56 Å². The number of H-pyrrole nitrogens is 1. The Morgan fingerprint density at radius 3 is 2.37 bits per heavy atom. The lowest BCUT2D eigenvalue weighted by Gasteiger charge is -2.05. The number of hydrogen-bond acceptors (Lipinski definition) is 7. The Labute approximate surface area is 167 Å². The number of non-ortho nitro benzene ring substituents is 2. The van der Waals surface area contributed by atoms with Crippen molar-refractivity contribution in [2.75, 3.05) is 5.32 Å². The van der Waals surface area contributed by atoms with Crippen molar-refractivity contribution >= 4 is 34.0 Å². The van der Waals surface area contributed by atoms with E-state index in [2.05, 4.69) is 20.3 Å². The number of nitrogens with one attached hydrogen (secondary N) is 2. The summed E-state index contributed by atoms with van der Waals surface area (Å²) in [6.45, 7) is 0. The Morgan fingerprint density at radius 2 is 1.73 bits per heavy atom. The highest BCUT2D eigenvalue weighted by atomic mass is 16.6. The monoisotopic (exact) mass is 404 g/mol. The van der Waals surface area contributed by atoms with Crippen molar-refractivity contribution in [3.8, 4) is 11.4 Å². The van der Waals surface area contributed by atoms with Crippen LogP contribution in [0.1, 0.15) is 10.4 Å². The summed E-state index contributed by atoms with van der Waals surface area (Å²) in [4.78, 5) is 44.6. The van der Waals surface area contributed by atoms with E-state index in [0.717, 1.165) is 23.8 Å². The van der Waals surface area contributed by atoms with E-state index in [4.69, 9.17) is 0 Å². The van der Waals surface area contributed by atoms with Crippen molar-refractivity contribution in [1.29, 1.82) is 0 Å². The van der Waals surface area contributed by atoms with Crippen LogP contribution in [-0.2, 0) is 0 Å². The van der Waals surface area contributed by atoms with E-state index in [0.29, 0.717) is 22.5 Å². The van der Waals surface area contributed by atoms with Gasteiger partial charge in [0.15, 0.2) is 0 Å². The number of nitro groups is 2. The summed E-state index contributed by atoms with van der Waals surface area (Å²) in [5, 5.41) is 24.6. The molecule has 1 amide bonds. The van der Waals surface area contributed by atoms with Gasteiger partial charge in [-0.05, 0) is 30.3 Å².